The average molecular weight is 875 g/mol. The Bertz CT molecular complexity index is 2850. The highest BCUT2D eigenvalue weighted by Crippen LogP contribution is 2.42. The Morgan fingerprint density at radius 3 is 2.44 bits per heavy atom. The van der Waals surface area contributed by atoms with Gasteiger partial charge in [-0.15, -0.1) is 0 Å². The minimum atomic E-state index is -4.39. The third kappa shape index (κ3) is 7.50. The number of fused-ring (bicyclic) bond motifs is 2. The number of hydrogen-bond acceptors (Lipinski definition) is 10. The van der Waals surface area contributed by atoms with Crippen molar-refractivity contribution in [3.63, 3.8) is 0 Å². The summed E-state index contributed by atoms with van der Waals surface area (Å²) < 4.78 is 84.9. The van der Waals surface area contributed by atoms with Gasteiger partial charge < -0.3 is 15.0 Å². The Balaban J connectivity index is 0.837. The zero-order valence-corrected chi connectivity index (χ0v) is 34.1. The van der Waals surface area contributed by atoms with E-state index in [0.29, 0.717) is 32.0 Å². The molecule has 4 amide bonds. The van der Waals surface area contributed by atoms with Crippen LogP contribution in [0.1, 0.15) is 42.3 Å². The summed E-state index contributed by atoms with van der Waals surface area (Å²) in [6.07, 6.45) is 0.273. The number of carbonyl (C=O) groups is 4. The number of imidazole rings is 1. The smallest absolute Gasteiger partial charge is 0.329 e. The van der Waals surface area contributed by atoms with E-state index >= 15 is 13.2 Å². The second kappa shape index (κ2) is 15.5. The number of alkyl halides is 2. The van der Waals surface area contributed by atoms with Crippen LogP contribution in [0.3, 0.4) is 0 Å². The van der Waals surface area contributed by atoms with E-state index in [9.17, 15) is 32.4 Å². The molecule has 0 radical (unpaired) electrons. The molecule has 0 bridgehead atoms. The number of amides is 4. The van der Waals surface area contributed by atoms with Crippen LogP contribution >= 0.6 is 0 Å². The molecule has 1 aromatic heterocycles. The highest BCUT2D eigenvalue weighted by Gasteiger charge is 2.46. The molecule has 20 heteroatoms. The van der Waals surface area contributed by atoms with Gasteiger partial charge in [0.05, 0.1) is 36.1 Å². The second-order valence-electron chi connectivity index (χ2n) is 16.2. The fourth-order valence-electron chi connectivity index (χ4n) is 8.81. The van der Waals surface area contributed by atoms with Crippen LogP contribution in [0.4, 0.5) is 24.5 Å². The minimum Gasteiger partial charge on any atom is -0.487 e. The number of hydrogen-bond donors (Lipinski definition) is 3. The molecule has 9 rings (SSSR count). The van der Waals surface area contributed by atoms with Gasteiger partial charge in [0.1, 0.15) is 30.6 Å². The number of piperidine rings is 2. The highest BCUT2D eigenvalue weighted by molar-refractivity contribution is 7.92. The summed E-state index contributed by atoms with van der Waals surface area (Å²) in [5.41, 5.74) is 1.46. The van der Waals surface area contributed by atoms with Crippen molar-refractivity contribution in [1.29, 1.82) is 0 Å². The number of aromatic nitrogens is 2. The summed E-state index contributed by atoms with van der Waals surface area (Å²) in [4.78, 5) is 65.8. The number of halogens is 3. The predicted molar refractivity (Wildman–Crippen MR) is 220 cm³/mol. The zero-order valence-electron chi connectivity index (χ0n) is 33.3. The van der Waals surface area contributed by atoms with Crippen molar-refractivity contribution in [2.24, 2.45) is 7.05 Å². The number of benzene rings is 4. The van der Waals surface area contributed by atoms with Crippen molar-refractivity contribution < 1.29 is 45.5 Å². The van der Waals surface area contributed by atoms with Gasteiger partial charge in [-0.05, 0) is 66.2 Å². The van der Waals surface area contributed by atoms with Crippen LogP contribution in [0.25, 0.3) is 21.8 Å². The summed E-state index contributed by atoms with van der Waals surface area (Å²) in [5, 5.41) is 6.00. The van der Waals surface area contributed by atoms with Crippen molar-refractivity contribution in [1.82, 2.24) is 29.0 Å². The third-order valence-electron chi connectivity index (χ3n) is 12.0. The largest absolute Gasteiger partial charge is 0.487 e. The molecule has 0 aliphatic carbocycles. The fraction of sp³-hybridized carbons (Fsp3) is 0.357. The van der Waals surface area contributed by atoms with Gasteiger partial charge in [-0.2, -0.15) is 8.42 Å². The van der Waals surface area contributed by atoms with Crippen LogP contribution in [0.5, 0.6) is 5.75 Å². The summed E-state index contributed by atoms with van der Waals surface area (Å²) in [6, 6.07) is 18.9. The van der Waals surface area contributed by atoms with Crippen LogP contribution in [0.2, 0.25) is 0 Å². The third-order valence-corrected chi connectivity index (χ3v) is 13.4. The SMILES string of the molecule is Cn1c(=O)n(C2CCC(=O)NC2=O)c2ccc(C3CCN(CC(=O)N4CC(Nc5ccc6cc(OCc7ccccc7)c(N7CC(=O)NS7(=O)=O)c(F)c6c5)C4)CC3(F)F)cc21. The van der Waals surface area contributed by atoms with Crippen molar-refractivity contribution in [2.45, 2.75) is 49.8 Å². The zero-order chi connectivity index (χ0) is 43.7. The number of likely N-dealkylation sites (tertiary alicyclic amines) is 2. The molecular weight excluding hydrogens is 834 g/mol. The lowest BCUT2D eigenvalue weighted by molar-refractivity contribution is -0.140. The van der Waals surface area contributed by atoms with Crippen LogP contribution < -0.4 is 30.1 Å². The van der Waals surface area contributed by atoms with Gasteiger partial charge in [0.25, 0.3) is 11.8 Å². The Kier molecular flexibility index (Phi) is 10.2. The molecule has 4 saturated heterocycles. The number of aryl methyl sites for hydroxylation is 1. The standard InChI is InChI=1S/C42H41F3N8O8S/c1-49-33-15-26(8-10-31(33)53(41(49)58)32-11-12-35(54)47-40(32)57)30-13-14-50(23-42(30,44)45)21-37(56)51-18-28(19-51)46-27-9-7-25-16-34(61-22-24-5-3-2-4-6-24)39(38(43)29(25)17-27)52-20-36(55)48-62(52,59)60/h2-10,15-17,28,30,32,46H,11-14,18-23H2,1H3,(H,48,55)(H,47,54,57). The predicted octanol–water partition coefficient (Wildman–Crippen LogP) is 3.12. The van der Waals surface area contributed by atoms with Gasteiger partial charge in [-0.25, -0.2) is 27.0 Å². The fourth-order valence-corrected chi connectivity index (χ4v) is 9.97. The monoisotopic (exact) mass is 874 g/mol. The van der Waals surface area contributed by atoms with Crippen LogP contribution in [-0.2, 0) is 43.0 Å². The molecular formula is C42H41F3N8O8S. The van der Waals surface area contributed by atoms with Gasteiger partial charge in [-0.1, -0.05) is 42.5 Å². The molecule has 324 valence electrons. The lowest BCUT2D eigenvalue weighted by Crippen LogP contribution is -2.60. The second-order valence-corrected chi connectivity index (χ2v) is 17.8. The maximum absolute atomic E-state index is 16.4. The first-order valence-electron chi connectivity index (χ1n) is 20.0. The van der Waals surface area contributed by atoms with E-state index < -0.39 is 76.1 Å². The number of anilines is 2. The van der Waals surface area contributed by atoms with E-state index in [-0.39, 0.29) is 75.1 Å². The lowest BCUT2D eigenvalue weighted by Gasteiger charge is -2.43. The van der Waals surface area contributed by atoms with Crippen molar-refractivity contribution in [3.8, 4) is 5.75 Å². The van der Waals surface area contributed by atoms with Crippen molar-refractivity contribution in [3.05, 3.63) is 100 Å². The number of ether oxygens (including phenoxy) is 1. The van der Waals surface area contributed by atoms with Crippen LogP contribution in [0, 0.1) is 5.82 Å². The van der Waals surface area contributed by atoms with E-state index in [0.717, 1.165) is 5.56 Å². The van der Waals surface area contributed by atoms with Crippen LogP contribution in [-0.4, -0.2) is 102 Å². The number of nitrogens with one attached hydrogen (secondary N) is 3. The van der Waals surface area contributed by atoms with Gasteiger partial charge in [0.2, 0.25) is 17.7 Å². The summed E-state index contributed by atoms with van der Waals surface area (Å²) >= 11 is 0. The van der Waals surface area contributed by atoms with Crippen molar-refractivity contribution in [2.75, 3.05) is 48.9 Å². The summed E-state index contributed by atoms with van der Waals surface area (Å²) in [5.74, 6) is -7.51. The molecule has 0 saturated carbocycles. The molecule has 62 heavy (non-hydrogen) atoms. The molecule has 4 aliphatic heterocycles. The van der Waals surface area contributed by atoms with Gasteiger partial charge >= 0.3 is 15.9 Å². The molecule has 5 heterocycles. The number of carbonyl (C=O) groups excluding carboxylic acids is 4. The Morgan fingerprint density at radius 2 is 1.73 bits per heavy atom. The molecule has 4 fully saturated rings. The van der Waals surface area contributed by atoms with E-state index in [2.05, 4.69) is 10.6 Å². The Labute approximate surface area is 352 Å². The first-order valence-corrected chi connectivity index (χ1v) is 21.5. The lowest BCUT2D eigenvalue weighted by atomic mass is 9.86. The van der Waals surface area contributed by atoms with E-state index in [4.69, 9.17) is 4.74 Å². The minimum absolute atomic E-state index is 0.0125. The quantitative estimate of drug-likeness (QED) is 0.176. The summed E-state index contributed by atoms with van der Waals surface area (Å²) in [6.45, 7) is -0.731. The molecule has 4 aliphatic rings. The first-order chi connectivity index (χ1) is 29.6. The molecule has 16 nitrogen and oxygen atoms in total. The van der Waals surface area contributed by atoms with E-state index in [1.165, 1.54) is 39.3 Å². The van der Waals surface area contributed by atoms with Gasteiger partial charge in [-0.3, -0.25) is 38.5 Å². The molecule has 4 aromatic carbocycles. The maximum Gasteiger partial charge on any atom is 0.329 e. The number of rotatable bonds is 10. The van der Waals surface area contributed by atoms with Gasteiger partial charge in [0, 0.05) is 37.6 Å². The number of nitrogens with zero attached hydrogens (tertiary/aromatic N) is 5. The Morgan fingerprint density at radius 1 is 0.952 bits per heavy atom. The maximum atomic E-state index is 16.4. The molecule has 0 spiro atoms. The molecule has 2 unspecified atom stereocenters. The Hall–Kier alpha value is -6.41. The highest BCUT2D eigenvalue weighted by atomic mass is 32.2. The normalized spacial score (nSPS) is 21.5. The first kappa shape index (κ1) is 41.0. The van der Waals surface area contributed by atoms with Gasteiger partial charge in [0.15, 0.2) is 5.82 Å². The van der Waals surface area contributed by atoms with E-state index in [1.807, 2.05) is 10.8 Å². The summed E-state index contributed by atoms with van der Waals surface area (Å²) in [7, 11) is -2.88. The van der Waals surface area contributed by atoms with E-state index in [1.54, 1.807) is 53.4 Å². The average Bonchev–Trinajstić information content (AvgIpc) is 3.62. The number of imide groups is 1. The molecule has 3 N–H and O–H groups in total. The molecule has 2 atom stereocenters. The molecule has 5 aromatic rings. The topological polar surface area (TPSA) is 184 Å². The van der Waals surface area contributed by atoms with Crippen molar-refractivity contribution >= 4 is 67.0 Å². The van der Waals surface area contributed by atoms with Crippen LogP contribution in [0.15, 0.2) is 77.6 Å².